The largest absolute Gasteiger partial charge is 0.433 e. The summed E-state index contributed by atoms with van der Waals surface area (Å²) in [5, 5.41) is 0. The Bertz CT molecular complexity index is 410. The molecule has 4 nitrogen and oxygen atoms in total. The van der Waals surface area contributed by atoms with Gasteiger partial charge in [0.25, 0.3) is 0 Å². The topological polar surface area (TPSA) is 51.4 Å². The number of anilines is 1. The predicted molar refractivity (Wildman–Crippen MR) is 66.9 cm³/mol. The highest BCUT2D eigenvalue weighted by atomic mass is 19.4. The van der Waals surface area contributed by atoms with Crippen LogP contribution in [0.25, 0.3) is 0 Å². The molecule has 1 heterocycles. The first kappa shape index (κ1) is 15.7. The SMILES string of the molecule is COCCCN(C)c1nc(C(F)(F)F)ccc1CN. The Hall–Kier alpha value is -1.34. The van der Waals surface area contributed by atoms with Crippen LogP contribution in [0.15, 0.2) is 12.1 Å². The van der Waals surface area contributed by atoms with E-state index in [4.69, 9.17) is 10.5 Å². The molecule has 0 fully saturated rings. The molecule has 0 aromatic carbocycles. The molecule has 0 spiro atoms. The van der Waals surface area contributed by atoms with Crippen molar-refractivity contribution in [3.63, 3.8) is 0 Å². The van der Waals surface area contributed by atoms with Gasteiger partial charge in [0.2, 0.25) is 0 Å². The van der Waals surface area contributed by atoms with Gasteiger partial charge >= 0.3 is 6.18 Å². The first-order valence-electron chi connectivity index (χ1n) is 5.87. The summed E-state index contributed by atoms with van der Waals surface area (Å²) in [5.74, 6) is 0.272. The Morgan fingerprint density at radius 3 is 2.58 bits per heavy atom. The lowest BCUT2D eigenvalue weighted by atomic mass is 10.2. The van der Waals surface area contributed by atoms with Crippen molar-refractivity contribution in [2.24, 2.45) is 5.73 Å². The summed E-state index contributed by atoms with van der Waals surface area (Å²) in [6.45, 7) is 1.24. The van der Waals surface area contributed by atoms with Crippen molar-refractivity contribution >= 4 is 5.82 Å². The predicted octanol–water partition coefficient (Wildman–Crippen LogP) is 2.03. The number of nitrogens with zero attached hydrogens (tertiary/aromatic N) is 2. The van der Waals surface area contributed by atoms with E-state index in [1.54, 1.807) is 19.1 Å². The third-order valence-corrected chi connectivity index (χ3v) is 2.67. The van der Waals surface area contributed by atoms with E-state index in [1.807, 2.05) is 0 Å². The average Bonchev–Trinajstić information content (AvgIpc) is 2.37. The van der Waals surface area contributed by atoms with Crippen LogP contribution in [-0.4, -0.2) is 32.3 Å². The van der Waals surface area contributed by atoms with Gasteiger partial charge in [0.05, 0.1) is 0 Å². The van der Waals surface area contributed by atoms with Crippen molar-refractivity contribution in [2.45, 2.75) is 19.1 Å². The Labute approximate surface area is 110 Å². The van der Waals surface area contributed by atoms with Crippen molar-refractivity contribution in [2.75, 3.05) is 32.2 Å². The van der Waals surface area contributed by atoms with Gasteiger partial charge in [-0.3, -0.25) is 0 Å². The summed E-state index contributed by atoms with van der Waals surface area (Å²) >= 11 is 0. The van der Waals surface area contributed by atoms with Gasteiger partial charge in [0.15, 0.2) is 0 Å². The minimum atomic E-state index is -4.45. The van der Waals surface area contributed by atoms with Crippen molar-refractivity contribution in [1.29, 1.82) is 0 Å². The van der Waals surface area contributed by atoms with Gasteiger partial charge in [-0.1, -0.05) is 6.07 Å². The fourth-order valence-corrected chi connectivity index (χ4v) is 1.68. The van der Waals surface area contributed by atoms with Gasteiger partial charge in [-0.05, 0) is 12.5 Å². The highest BCUT2D eigenvalue weighted by Crippen LogP contribution is 2.30. The molecule has 0 bridgehead atoms. The minimum Gasteiger partial charge on any atom is -0.385 e. The molecule has 1 aromatic rings. The second kappa shape index (κ2) is 6.72. The van der Waals surface area contributed by atoms with Crippen LogP contribution in [0.4, 0.5) is 19.0 Å². The van der Waals surface area contributed by atoms with E-state index >= 15 is 0 Å². The van der Waals surface area contributed by atoms with Gasteiger partial charge in [-0.2, -0.15) is 13.2 Å². The van der Waals surface area contributed by atoms with Gasteiger partial charge in [0, 0.05) is 39.4 Å². The highest BCUT2D eigenvalue weighted by Gasteiger charge is 2.33. The number of hydrogen-bond donors (Lipinski definition) is 1. The molecular weight excluding hydrogens is 259 g/mol. The number of hydrogen-bond acceptors (Lipinski definition) is 4. The molecule has 2 N–H and O–H groups in total. The van der Waals surface area contributed by atoms with Gasteiger partial charge in [-0.25, -0.2) is 4.98 Å². The average molecular weight is 277 g/mol. The van der Waals surface area contributed by atoms with E-state index < -0.39 is 11.9 Å². The lowest BCUT2D eigenvalue weighted by molar-refractivity contribution is -0.141. The number of aromatic nitrogens is 1. The maximum atomic E-state index is 12.6. The van der Waals surface area contributed by atoms with Crippen LogP contribution >= 0.6 is 0 Å². The van der Waals surface area contributed by atoms with Crippen molar-refractivity contribution in [3.05, 3.63) is 23.4 Å². The summed E-state index contributed by atoms with van der Waals surface area (Å²) < 4.78 is 42.8. The second-order valence-corrected chi connectivity index (χ2v) is 4.15. The zero-order valence-corrected chi connectivity index (χ0v) is 11.0. The molecule has 0 aliphatic rings. The number of ether oxygens (including phenoxy) is 1. The number of pyridine rings is 1. The van der Waals surface area contributed by atoms with Crippen molar-refractivity contribution in [1.82, 2.24) is 4.98 Å². The van der Waals surface area contributed by atoms with E-state index in [-0.39, 0.29) is 12.4 Å². The normalized spacial score (nSPS) is 11.7. The Kier molecular flexibility index (Phi) is 5.56. The number of alkyl halides is 3. The maximum Gasteiger partial charge on any atom is 0.433 e. The quantitative estimate of drug-likeness (QED) is 0.808. The molecule has 1 rings (SSSR count). The maximum absolute atomic E-state index is 12.6. The fraction of sp³-hybridized carbons (Fsp3) is 0.583. The number of nitrogens with two attached hydrogens (primary N) is 1. The van der Waals surface area contributed by atoms with Crippen LogP contribution in [0, 0.1) is 0 Å². The standard InChI is InChI=1S/C12H18F3N3O/c1-18(6-3-7-19-2)11-9(8-16)4-5-10(17-11)12(13,14)15/h4-5H,3,6-8,16H2,1-2H3. The van der Waals surface area contributed by atoms with Gasteiger partial charge < -0.3 is 15.4 Å². The third kappa shape index (κ3) is 4.36. The third-order valence-electron chi connectivity index (χ3n) is 2.67. The molecule has 0 unspecified atom stereocenters. The Morgan fingerprint density at radius 2 is 2.05 bits per heavy atom. The van der Waals surface area contributed by atoms with Gasteiger partial charge in [0.1, 0.15) is 11.5 Å². The molecule has 108 valence electrons. The number of methoxy groups -OCH3 is 1. The van der Waals surface area contributed by atoms with Crippen LogP contribution in [-0.2, 0) is 17.5 Å². The van der Waals surface area contributed by atoms with Crippen LogP contribution < -0.4 is 10.6 Å². The summed E-state index contributed by atoms with van der Waals surface area (Å²) in [7, 11) is 3.27. The molecule has 0 saturated carbocycles. The molecule has 0 aliphatic heterocycles. The lowest BCUT2D eigenvalue weighted by Crippen LogP contribution is -2.24. The molecule has 0 amide bonds. The highest BCUT2D eigenvalue weighted by molar-refractivity contribution is 5.47. The van der Waals surface area contributed by atoms with Crippen LogP contribution in [0.5, 0.6) is 0 Å². The van der Waals surface area contributed by atoms with Gasteiger partial charge in [-0.15, -0.1) is 0 Å². The Morgan fingerprint density at radius 1 is 1.37 bits per heavy atom. The minimum absolute atomic E-state index is 0.148. The number of halogens is 3. The monoisotopic (exact) mass is 277 g/mol. The molecule has 1 aromatic heterocycles. The molecular formula is C12H18F3N3O. The van der Waals surface area contributed by atoms with Crippen molar-refractivity contribution < 1.29 is 17.9 Å². The van der Waals surface area contributed by atoms with E-state index in [9.17, 15) is 13.2 Å². The van der Waals surface area contributed by atoms with Crippen LogP contribution in [0.1, 0.15) is 17.7 Å². The van der Waals surface area contributed by atoms with E-state index in [0.717, 1.165) is 6.07 Å². The summed E-state index contributed by atoms with van der Waals surface area (Å²) in [6.07, 6.45) is -3.75. The van der Waals surface area contributed by atoms with Crippen LogP contribution in [0.3, 0.4) is 0 Å². The summed E-state index contributed by atoms with van der Waals surface area (Å²) in [5.41, 5.74) is 5.22. The first-order valence-corrected chi connectivity index (χ1v) is 5.87. The zero-order valence-electron chi connectivity index (χ0n) is 11.0. The smallest absolute Gasteiger partial charge is 0.385 e. The summed E-state index contributed by atoms with van der Waals surface area (Å²) in [4.78, 5) is 5.34. The lowest BCUT2D eigenvalue weighted by Gasteiger charge is -2.22. The molecule has 0 radical (unpaired) electrons. The van der Waals surface area contributed by atoms with E-state index in [0.29, 0.717) is 25.1 Å². The molecule has 0 atom stereocenters. The van der Waals surface area contributed by atoms with Crippen molar-refractivity contribution in [3.8, 4) is 0 Å². The number of rotatable bonds is 6. The van der Waals surface area contributed by atoms with E-state index in [2.05, 4.69) is 4.98 Å². The Balaban J connectivity index is 2.95. The molecule has 0 aliphatic carbocycles. The zero-order chi connectivity index (χ0) is 14.5. The first-order chi connectivity index (χ1) is 8.90. The molecule has 0 saturated heterocycles. The van der Waals surface area contributed by atoms with Crippen LogP contribution in [0.2, 0.25) is 0 Å². The molecule has 7 heteroatoms. The summed E-state index contributed by atoms with van der Waals surface area (Å²) in [6, 6.07) is 2.33. The fourth-order valence-electron chi connectivity index (χ4n) is 1.68. The molecule has 19 heavy (non-hydrogen) atoms. The second-order valence-electron chi connectivity index (χ2n) is 4.15. The van der Waals surface area contributed by atoms with E-state index in [1.165, 1.54) is 6.07 Å².